The zero-order valence-electron chi connectivity index (χ0n) is 17.7. The lowest BCUT2D eigenvalue weighted by molar-refractivity contribution is 0.312. The molecule has 0 saturated carbocycles. The van der Waals surface area contributed by atoms with Crippen LogP contribution >= 0.6 is 0 Å². The van der Waals surface area contributed by atoms with E-state index in [-0.39, 0.29) is 4.90 Å². The van der Waals surface area contributed by atoms with Gasteiger partial charge in [0.05, 0.1) is 11.5 Å². The smallest absolute Gasteiger partial charge is 0.180 e. The van der Waals surface area contributed by atoms with Gasteiger partial charge in [-0.3, -0.25) is 4.98 Å². The van der Waals surface area contributed by atoms with Crippen molar-refractivity contribution in [2.45, 2.75) is 25.2 Å². The van der Waals surface area contributed by atoms with Crippen LogP contribution in [0, 0.1) is 13.8 Å². The highest BCUT2D eigenvalue weighted by molar-refractivity contribution is 7.90. The van der Waals surface area contributed by atoms with Gasteiger partial charge in [-0.25, -0.2) is 18.4 Å². The van der Waals surface area contributed by atoms with Crippen LogP contribution < -0.4 is 9.64 Å². The number of hydrogen-bond acceptors (Lipinski definition) is 7. The first kappa shape index (κ1) is 21.7. The molecule has 0 unspecified atom stereocenters. The molecule has 0 fully saturated rings. The second-order valence-corrected chi connectivity index (χ2v) is 9.18. The minimum atomic E-state index is -3.20. The van der Waals surface area contributed by atoms with E-state index < -0.39 is 9.84 Å². The van der Waals surface area contributed by atoms with Gasteiger partial charge in [-0.05, 0) is 56.7 Å². The van der Waals surface area contributed by atoms with Crippen molar-refractivity contribution in [2.75, 3.05) is 31.4 Å². The van der Waals surface area contributed by atoms with Crippen molar-refractivity contribution in [2.24, 2.45) is 0 Å². The summed E-state index contributed by atoms with van der Waals surface area (Å²) in [6, 6.07) is 12.2. The van der Waals surface area contributed by atoms with Crippen LogP contribution in [0.4, 0.5) is 5.82 Å². The summed E-state index contributed by atoms with van der Waals surface area (Å²) in [5.74, 6) is 2.14. The number of pyridine rings is 1. The molecule has 0 saturated heterocycles. The number of ether oxygens (including phenoxy) is 1. The van der Waals surface area contributed by atoms with E-state index in [0.717, 1.165) is 35.7 Å². The molecule has 3 rings (SSSR count). The standard InChI is InChI=1S/C22H26N4O3S/c1-16-17(2)24-21(20-8-5-6-13-23-20)25-22(16)26(3)14-7-15-29-18-9-11-19(12-10-18)30(4,27)28/h5-6,8-13H,7,14-15H2,1-4H3. The van der Waals surface area contributed by atoms with Gasteiger partial charge < -0.3 is 9.64 Å². The van der Waals surface area contributed by atoms with E-state index in [1.54, 1.807) is 30.5 Å². The van der Waals surface area contributed by atoms with Gasteiger partial charge in [0.25, 0.3) is 0 Å². The molecular formula is C22H26N4O3S. The highest BCUT2D eigenvalue weighted by Gasteiger charge is 2.14. The molecule has 0 aliphatic rings. The predicted octanol–water partition coefficient (Wildman–Crippen LogP) is 3.46. The number of anilines is 1. The number of aryl methyl sites for hydroxylation is 1. The number of sulfone groups is 1. The molecule has 0 aliphatic heterocycles. The zero-order valence-corrected chi connectivity index (χ0v) is 18.5. The lowest BCUT2D eigenvalue weighted by Crippen LogP contribution is -2.23. The summed E-state index contributed by atoms with van der Waals surface area (Å²) in [7, 11) is -1.20. The molecule has 3 aromatic rings. The van der Waals surface area contributed by atoms with E-state index in [1.165, 1.54) is 6.26 Å². The summed E-state index contributed by atoms with van der Waals surface area (Å²) in [6.07, 6.45) is 3.71. The molecule has 1 aromatic carbocycles. The van der Waals surface area contributed by atoms with Crippen LogP contribution in [-0.4, -0.2) is 49.8 Å². The van der Waals surface area contributed by atoms with Crippen molar-refractivity contribution < 1.29 is 13.2 Å². The summed E-state index contributed by atoms with van der Waals surface area (Å²) in [5.41, 5.74) is 2.71. The van der Waals surface area contributed by atoms with Gasteiger partial charge in [0.2, 0.25) is 0 Å². The third-order valence-electron chi connectivity index (χ3n) is 4.78. The fraction of sp³-hybridized carbons (Fsp3) is 0.318. The summed E-state index contributed by atoms with van der Waals surface area (Å²) in [4.78, 5) is 16.0. The van der Waals surface area contributed by atoms with Crippen LogP contribution in [0.2, 0.25) is 0 Å². The lowest BCUT2D eigenvalue weighted by Gasteiger charge is -2.21. The first-order valence-corrected chi connectivity index (χ1v) is 11.6. The average Bonchev–Trinajstić information content (AvgIpc) is 2.73. The third kappa shape index (κ3) is 5.33. The van der Waals surface area contributed by atoms with Crippen molar-refractivity contribution in [3.05, 3.63) is 59.9 Å². The van der Waals surface area contributed by atoms with Gasteiger partial charge in [-0.1, -0.05) is 6.07 Å². The van der Waals surface area contributed by atoms with Crippen molar-refractivity contribution in [3.63, 3.8) is 0 Å². The molecule has 7 nitrogen and oxygen atoms in total. The third-order valence-corrected chi connectivity index (χ3v) is 5.91. The molecule has 0 N–H and O–H groups in total. The molecule has 2 heterocycles. The molecule has 30 heavy (non-hydrogen) atoms. The first-order valence-electron chi connectivity index (χ1n) is 9.66. The molecule has 0 atom stereocenters. The van der Waals surface area contributed by atoms with Gasteiger partial charge in [0.15, 0.2) is 15.7 Å². The van der Waals surface area contributed by atoms with E-state index >= 15 is 0 Å². The predicted molar refractivity (Wildman–Crippen MR) is 118 cm³/mol. The molecule has 0 radical (unpaired) electrons. The van der Waals surface area contributed by atoms with E-state index in [2.05, 4.69) is 14.9 Å². The maximum atomic E-state index is 11.5. The second-order valence-electron chi connectivity index (χ2n) is 7.16. The van der Waals surface area contributed by atoms with Crippen LogP contribution in [0.15, 0.2) is 53.6 Å². The Bertz CT molecular complexity index is 1100. The van der Waals surface area contributed by atoms with E-state index in [9.17, 15) is 8.42 Å². The Kier molecular flexibility index (Phi) is 6.66. The van der Waals surface area contributed by atoms with Crippen molar-refractivity contribution >= 4 is 15.7 Å². The van der Waals surface area contributed by atoms with Gasteiger partial charge in [0, 0.05) is 37.3 Å². The van der Waals surface area contributed by atoms with Crippen molar-refractivity contribution in [1.82, 2.24) is 15.0 Å². The maximum absolute atomic E-state index is 11.5. The fourth-order valence-electron chi connectivity index (χ4n) is 2.98. The molecule has 8 heteroatoms. The first-order chi connectivity index (χ1) is 14.3. The molecule has 0 bridgehead atoms. The number of nitrogens with zero attached hydrogens (tertiary/aromatic N) is 4. The van der Waals surface area contributed by atoms with Crippen LogP contribution in [0.25, 0.3) is 11.5 Å². The minimum absolute atomic E-state index is 0.285. The topological polar surface area (TPSA) is 85.3 Å². The lowest BCUT2D eigenvalue weighted by atomic mass is 10.2. The Balaban J connectivity index is 1.61. The zero-order chi connectivity index (χ0) is 21.7. The van der Waals surface area contributed by atoms with Gasteiger partial charge >= 0.3 is 0 Å². The molecule has 2 aromatic heterocycles. The van der Waals surface area contributed by atoms with E-state index in [4.69, 9.17) is 9.72 Å². The molecule has 0 spiro atoms. The van der Waals surface area contributed by atoms with Gasteiger partial charge in [-0.15, -0.1) is 0 Å². The quantitative estimate of drug-likeness (QED) is 0.510. The molecular weight excluding hydrogens is 400 g/mol. The van der Waals surface area contributed by atoms with Crippen molar-refractivity contribution in [1.29, 1.82) is 0 Å². The summed E-state index contributed by atoms with van der Waals surface area (Å²) in [6.45, 7) is 5.26. The van der Waals surface area contributed by atoms with Crippen LogP contribution in [0.1, 0.15) is 17.7 Å². The minimum Gasteiger partial charge on any atom is -0.494 e. The summed E-state index contributed by atoms with van der Waals surface area (Å²) >= 11 is 0. The monoisotopic (exact) mass is 426 g/mol. The number of benzene rings is 1. The van der Waals surface area contributed by atoms with E-state index in [1.807, 2.05) is 39.1 Å². The Morgan fingerprint density at radius 2 is 1.77 bits per heavy atom. The Labute approximate surface area is 177 Å². The Morgan fingerprint density at radius 1 is 1.03 bits per heavy atom. The number of hydrogen-bond donors (Lipinski definition) is 0. The highest BCUT2D eigenvalue weighted by Crippen LogP contribution is 2.23. The largest absolute Gasteiger partial charge is 0.494 e. The number of aromatic nitrogens is 3. The molecule has 0 amide bonds. The summed E-state index contributed by atoms with van der Waals surface area (Å²) in [5, 5.41) is 0. The Hall–Kier alpha value is -3.00. The van der Waals surface area contributed by atoms with Crippen molar-refractivity contribution in [3.8, 4) is 17.3 Å². The normalized spacial score (nSPS) is 11.3. The van der Waals surface area contributed by atoms with Gasteiger partial charge in [0.1, 0.15) is 17.3 Å². The second kappa shape index (κ2) is 9.21. The highest BCUT2D eigenvalue weighted by atomic mass is 32.2. The SMILES string of the molecule is Cc1nc(-c2ccccn2)nc(N(C)CCCOc2ccc(S(C)(=O)=O)cc2)c1C. The average molecular weight is 427 g/mol. The van der Waals surface area contributed by atoms with Crippen LogP contribution in [0.3, 0.4) is 0 Å². The van der Waals surface area contributed by atoms with E-state index in [0.29, 0.717) is 18.2 Å². The van der Waals surface area contributed by atoms with Crippen LogP contribution in [0.5, 0.6) is 5.75 Å². The number of rotatable bonds is 8. The fourth-order valence-corrected chi connectivity index (χ4v) is 3.61. The summed E-state index contributed by atoms with van der Waals surface area (Å²) < 4.78 is 28.8. The molecule has 158 valence electrons. The molecule has 0 aliphatic carbocycles. The Morgan fingerprint density at radius 3 is 2.40 bits per heavy atom. The van der Waals surface area contributed by atoms with Gasteiger partial charge in [-0.2, -0.15) is 0 Å². The van der Waals surface area contributed by atoms with Crippen LogP contribution in [-0.2, 0) is 9.84 Å². The maximum Gasteiger partial charge on any atom is 0.180 e.